The lowest BCUT2D eigenvalue weighted by Crippen LogP contribution is -2.33. The molecule has 1 aromatic rings. The quantitative estimate of drug-likeness (QED) is 0.874. The topological polar surface area (TPSA) is 33.7 Å². The summed E-state index contributed by atoms with van der Waals surface area (Å²) in [5.74, 6) is 2.24. The van der Waals surface area contributed by atoms with Gasteiger partial charge in [0.1, 0.15) is 0 Å². The van der Waals surface area contributed by atoms with Gasteiger partial charge in [-0.1, -0.05) is 6.07 Å². The van der Waals surface area contributed by atoms with Crippen LogP contribution in [0.3, 0.4) is 0 Å². The van der Waals surface area contributed by atoms with Crippen molar-refractivity contribution in [3.05, 3.63) is 23.8 Å². The van der Waals surface area contributed by atoms with Crippen LogP contribution in [0.2, 0.25) is 0 Å². The molecule has 0 radical (unpaired) electrons. The molecule has 1 N–H and O–H groups in total. The zero-order chi connectivity index (χ0) is 15.4. The number of hydrogen-bond acceptors (Lipinski definition) is 4. The molecule has 1 heterocycles. The molecule has 2 unspecified atom stereocenters. The van der Waals surface area contributed by atoms with Crippen LogP contribution in [-0.2, 0) is 0 Å². The second kappa shape index (κ2) is 7.14. The van der Waals surface area contributed by atoms with E-state index >= 15 is 0 Å². The van der Waals surface area contributed by atoms with E-state index in [0.717, 1.165) is 24.6 Å². The van der Waals surface area contributed by atoms with E-state index in [2.05, 4.69) is 36.2 Å². The fourth-order valence-corrected chi connectivity index (χ4v) is 3.44. The van der Waals surface area contributed by atoms with Crippen LogP contribution < -0.4 is 14.8 Å². The minimum atomic E-state index is 0.442. The Bertz CT molecular complexity index is 462. The van der Waals surface area contributed by atoms with E-state index in [-0.39, 0.29) is 0 Å². The van der Waals surface area contributed by atoms with Crippen LogP contribution in [0.4, 0.5) is 0 Å². The predicted octanol–water partition coefficient (Wildman–Crippen LogP) is 2.69. The van der Waals surface area contributed by atoms with E-state index in [1.54, 1.807) is 14.2 Å². The highest BCUT2D eigenvalue weighted by molar-refractivity contribution is 5.44. The lowest BCUT2D eigenvalue weighted by Gasteiger charge is -2.32. The molecule has 0 aliphatic carbocycles. The molecule has 4 nitrogen and oxygen atoms in total. The van der Waals surface area contributed by atoms with Crippen LogP contribution in [0.25, 0.3) is 0 Å². The molecule has 21 heavy (non-hydrogen) atoms. The van der Waals surface area contributed by atoms with Crippen LogP contribution in [0.15, 0.2) is 18.2 Å². The van der Waals surface area contributed by atoms with Crippen molar-refractivity contribution in [1.29, 1.82) is 0 Å². The average Bonchev–Trinajstić information content (AvgIpc) is 2.91. The predicted molar refractivity (Wildman–Crippen MR) is 86.2 cm³/mol. The molecule has 1 aliphatic rings. The molecule has 1 fully saturated rings. The van der Waals surface area contributed by atoms with Gasteiger partial charge in [0.15, 0.2) is 11.5 Å². The molecule has 0 aromatic heterocycles. The van der Waals surface area contributed by atoms with Gasteiger partial charge in [-0.3, -0.25) is 4.90 Å². The van der Waals surface area contributed by atoms with Crippen molar-refractivity contribution in [3.8, 4) is 11.5 Å². The molecule has 1 saturated heterocycles. The van der Waals surface area contributed by atoms with Crippen molar-refractivity contribution < 1.29 is 9.47 Å². The molecule has 118 valence electrons. The summed E-state index contributed by atoms with van der Waals surface area (Å²) in [5.41, 5.74) is 1.32. The Kier molecular flexibility index (Phi) is 5.48. The number of nitrogens with one attached hydrogen (secondary N) is 1. The number of rotatable bonds is 6. The van der Waals surface area contributed by atoms with E-state index < -0.39 is 0 Å². The normalized spacial score (nSPS) is 22.8. The molecule has 1 aliphatic heterocycles. The van der Waals surface area contributed by atoms with Gasteiger partial charge in [-0.05, 0) is 64.0 Å². The van der Waals surface area contributed by atoms with Gasteiger partial charge in [-0.15, -0.1) is 0 Å². The Balaban J connectivity index is 2.34. The monoisotopic (exact) mass is 292 g/mol. The second-order valence-electron chi connectivity index (χ2n) is 6.00. The van der Waals surface area contributed by atoms with Gasteiger partial charge in [0.05, 0.1) is 14.2 Å². The van der Waals surface area contributed by atoms with Crippen molar-refractivity contribution in [2.45, 2.75) is 32.4 Å². The lowest BCUT2D eigenvalue weighted by atomic mass is 9.93. The third-order valence-corrected chi connectivity index (χ3v) is 4.44. The van der Waals surface area contributed by atoms with E-state index in [0.29, 0.717) is 18.0 Å². The summed E-state index contributed by atoms with van der Waals surface area (Å²) in [4.78, 5) is 2.59. The summed E-state index contributed by atoms with van der Waals surface area (Å²) >= 11 is 0. The van der Waals surface area contributed by atoms with Gasteiger partial charge in [-0.25, -0.2) is 0 Å². The third kappa shape index (κ3) is 3.33. The van der Waals surface area contributed by atoms with E-state index in [4.69, 9.17) is 9.47 Å². The first-order valence-electron chi connectivity index (χ1n) is 7.74. The lowest BCUT2D eigenvalue weighted by molar-refractivity contribution is 0.182. The number of methoxy groups -OCH3 is 2. The highest BCUT2D eigenvalue weighted by Gasteiger charge is 2.36. The van der Waals surface area contributed by atoms with Crippen molar-refractivity contribution in [1.82, 2.24) is 10.2 Å². The van der Waals surface area contributed by atoms with Crippen LogP contribution in [0.1, 0.15) is 31.9 Å². The molecular weight excluding hydrogens is 264 g/mol. The smallest absolute Gasteiger partial charge is 0.161 e. The van der Waals surface area contributed by atoms with Gasteiger partial charge in [0, 0.05) is 12.1 Å². The first kappa shape index (κ1) is 16.1. The fourth-order valence-electron chi connectivity index (χ4n) is 3.44. The molecule has 1 aromatic carbocycles. The zero-order valence-corrected chi connectivity index (χ0v) is 13.8. The fraction of sp³-hybridized carbons (Fsp3) is 0.647. The summed E-state index contributed by atoms with van der Waals surface area (Å²) in [7, 11) is 5.41. The largest absolute Gasteiger partial charge is 0.493 e. The molecule has 0 amide bonds. The van der Waals surface area contributed by atoms with Gasteiger partial charge in [0.25, 0.3) is 0 Å². The maximum atomic E-state index is 5.47. The molecule has 0 saturated carbocycles. The summed E-state index contributed by atoms with van der Waals surface area (Å²) in [6.07, 6.45) is 1.23. The van der Waals surface area contributed by atoms with Gasteiger partial charge < -0.3 is 14.8 Å². The van der Waals surface area contributed by atoms with E-state index in [1.165, 1.54) is 12.0 Å². The van der Waals surface area contributed by atoms with Crippen molar-refractivity contribution in [2.75, 3.05) is 34.4 Å². The Hall–Kier alpha value is -1.26. The molecule has 0 spiro atoms. The number of nitrogens with zero attached hydrogens (tertiary/aromatic N) is 1. The summed E-state index contributed by atoms with van der Waals surface area (Å²) in [5, 5.41) is 3.34. The standard InChI is InChI=1S/C17H28N2O2/c1-12(2)19-9-8-14(11-18-3)17(19)13-6-7-15(20-4)16(10-13)21-5/h6-7,10,12,14,17-18H,8-9,11H2,1-5H3. The highest BCUT2D eigenvalue weighted by Crippen LogP contribution is 2.41. The SMILES string of the molecule is CNCC1CCN(C(C)C)C1c1ccc(OC)c(OC)c1. The second-order valence-corrected chi connectivity index (χ2v) is 6.00. The first-order valence-corrected chi connectivity index (χ1v) is 7.74. The average molecular weight is 292 g/mol. The molecule has 4 heteroatoms. The summed E-state index contributed by atoms with van der Waals surface area (Å²) in [6.45, 7) is 6.75. The van der Waals surface area contributed by atoms with E-state index in [9.17, 15) is 0 Å². The maximum Gasteiger partial charge on any atom is 0.161 e. The van der Waals surface area contributed by atoms with Crippen LogP contribution in [0.5, 0.6) is 11.5 Å². The van der Waals surface area contributed by atoms with E-state index in [1.807, 2.05) is 13.1 Å². The summed E-state index contributed by atoms with van der Waals surface area (Å²) < 4.78 is 10.8. The minimum absolute atomic E-state index is 0.442. The van der Waals surface area contributed by atoms with Crippen molar-refractivity contribution >= 4 is 0 Å². The number of benzene rings is 1. The zero-order valence-electron chi connectivity index (χ0n) is 13.8. The molecule has 2 rings (SSSR count). The van der Waals surface area contributed by atoms with Crippen LogP contribution in [-0.4, -0.2) is 45.3 Å². The Labute approximate surface area is 128 Å². The molecule has 2 atom stereocenters. The highest BCUT2D eigenvalue weighted by atomic mass is 16.5. The van der Waals surface area contributed by atoms with Gasteiger partial charge >= 0.3 is 0 Å². The van der Waals surface area contributed by atoms with Crippen LogP contribution in [0, 0.1) is 5.92 Å². The van der Waals surface area contributed by atoms with Gasteiger partial charge in [0.2, 0.25) is 0 Å². The number of hydrogen-bond donors (Lipinski definition) is 1. The minimum Gasteiger partial charge on any atom is -0.493 e. The number of likely N-dealkylation sites (tertiary alicyclic amines) is 1. The number of ether oxygens (including phenoxy) is 2. The van der Waals surface area contributed by atoms with Crippen molar-refractivity contribution in [3.63, 3.8) is 0 Å². The Morgan fingerprint density at radius 1 is 1.24 bits per heavy atom. The Morgan fingerprint density at radius 2 is 1.95 bits per heavy atom. The third-order valence-electron chi connectivity index (χ3n) is 4.44. The maximum absolute atomic E-state index is 5.47. The van der Waals surface area contributed by atoms with Gasteiger partial charge in [-0.2, -0.15) is 0 Å². The van der Waals surface area contributed by atoms with Crippen LogP contribution >= 0.6 is 0 Å². The van der Waals surface area contributed by atoms with Crippen molar-refractivity contribution in [2.24, 2.45) is 5.92 Å². The Morgan fingerprint density at radius 3 is 2.52 bits per heavy atom. The summed E-state index contributed by atoms with van der Waals surface area (Å²) in [6, 6.07) is 7.31. The molecular formula is C17H28N2O2. The molecule has 0 bridgehead atoms. The first-order chi connectivity index (χ1) is 10.1.